The van der Waals surface area contributed by atoms with Gasteiger partial charge in [-0.25, -0.2) is 14.6 Å². The standard InChI is InChI=1S/C35H46N6OS/c1-24(42)27-13-14-30(41-21-15-26(39-41)9-5-10-28-34(16-17-34)35(28)18-19-35)38-32(27)40-23-25(22-33(40,2)3)8-7-20-36-29-11-6-12-31(37-29)43-4/h6,11-15,21,25,28H,5,7-10,16-20,22-23H2,1-4H3,(H,36,37). The van der Waals surface area contributed by atoms with Crippen LogP contribution in [0.2, 0.25) is 0 Å². The Morgan fingerprint density at radius 3 is 2.53 bits per heavy atom. The molecule has 1 saturated heterocycles. The Balaban J connectivity index is 0.985. The van der Waals surface area contributed by atoms with Crippen LogP contribution in [0.5, 0.6) is 0 Å². The van der Waals surface area contributed by atoms with E-state index in [9.17, 15) is 4.79 Å². The third-order valence-electron chi connectivity index (χ3n) is 11.1. The normalized spacial score (nSPS) is 22.3. The van der Waals surface area contributed by atoms with Gasteiger partial charge in [0.05, 0.1) is 16.3 Å². The molecular formula is C35H46N6OS. The maximum Gasteiger partial charge on any atom is 0.163 e. The van der Waals surface area contributed by atoms with Gasteiger partial charge in [-0.3, -0.25) is 4.79 Å². The van der Waals surface area contributed by atoms with E-state index in [1.807, 2.05) is 35.1 Å². The molecule has 1 unspecified atom stereocenters. The van der Waals surface area contributed by atoms with E-state index in [0.717, 1.165) is 83.7 Å². The number of rotatable bonds is 13. The van der Waals surface area contributed by atoms with Gasteiger partial charge in [-0.05, 0) is 144 Å². The number of Topliss-reactive ketones (excluding diaryl/α,β-unsaturated/α-hetero) is 1. The summed E-state index contributed by atoms with van der Waals surface area (Å²) in [7, 11) is 0. The molecule has 4 heterocycles. The van der Waals surface area contributed by atoms with Crippen molar-refractivity contribution in [3.63, 3.8) is 0 Å². The second kappa shape index (κ2) is 10.9. The number of carbonyl (C=O) groups is 1. The van der Waals surface area contributed by atoms with Crippen molar-refractivity contribution in [2.75, 3.05) is 29.6 Å². The molecule has 1 atom stereocenters. The molecule has 7 nitrogen and oxygen atoms in total. The van der Waals surface area contributed by atoms with Gasteiger partial charge < -0.3 is 10.2 Å². The molecule has 2 spiro atoms. The van der Waals surface area contributed by atoms with E-state index in [4.69, 9.17) is 10.1 Å². The van der Waals surface area contributed by atoms with E-state index in [2.05, 4.69) is 47.4 Å². The molecule has 3 saturated carbocycles. The summed E-state index contributed by atoms with van der Waals surface area (Å²) in [6, 6.07) is 12.2. The van der Waals surface area contributed by atoms with E-state index in [1.54, 1.807) is 18.7 Å². The Hall–Kier alpha value is -2.87. The molecule has 1 N–H and O–H groups in total. The Kier molecular flexibility index (Phi) is 7.34. The van der Waals surface area contributed by atoms with Gasteiger partial charge in [0.2, 0.25) is 0 Å². The first-order valence-corrected chi connectivity index (χ1v) is 17.6. The average molecular weight is 599 g/mol. The lowest BCUT2D eigenvalue weighted by Gasteiger charge is -2.33. The van der Waals surface area contributed by atoms with Crippen molar-refractivity contribution in [2.24, 2.45) is 22.7 Å². The van der Waals surface area contributed by atoms with Gasteiger partial charge in [-0.2, -0.15) is 5.10 Å². The summed E-state index contributed by atoms with van der Waals surface area (Å²) < 4.78 is 1.90. The summed E-state index contributed by atoms with van der Waals surface area (Å²) in [6.45, 7) is 8.02. The molecule has 228 valence electrons. The maximum absolute atomic E-state index is 12.7. The third-order valence-corrected chi connectivity index (χ3v) is 11.8. The number of nitrogens with zero attached hydrogens (tertiary/aromatic N) is 5. The van der Waals surface area contributed by atoms with Gasteiger partial charge in [0.15, 0.2) is 11.6 Å². The summed E-state index contributed by atoms with van der Waals surface area (Å²) >= 11 is 1.66. The molecule has 0 aromatic carbocycles. The lowest BCUT2D eigenvalue weighted by Crippen LogP contribution is -2.39. The van der Waals surface area contributed by atoms with Crippen molar-refractivity contribution in [3.8, 4) is 5.82 Å². The van der Waals surface area contributed by atoms with Crippen molar-refractivity contribution in [1.82, 2.24) is 19.7 Å². The number of fused-ring (bicyclic) bond motifs is 1. The van der Waals surface area contributed by atoms with Gasteiger partial charge in [-0.15, -0.1) is 11.8 Å². The highest BCUT2D eigenvalue weighted by Crippen LogP contribution is 2.93. The maximum atomic E-state index is 12.7. The number of carbonyl (C=O) groups excluding carboxylic acids is 1. The van der Waals surface area contributed by atoms with Crippen LogP contribution >= 0.6 is 11.8 Å². The largest absolute Gasteiger partial charge is 0.370 e. The summed E-state index contributed by atoms with van der Waals surface area (Å²) in [4.78, 5) is 24.8. The molecule has 1 aliphatic heterocycles. The number of aryl methyl sites for hydroxylation is 1. The highest BCUT2D eigenvalue weighted by Gasteiger charge is 2.85. The highest BCUT2D eigenvalue weighted by molar-refractivity contribution is 7.98. The van der Waals surface area contributed by atoms with Gasteiger partial charge in [0.1, 0.15) is 11.6 Å². The average Bonchev–Trinajstić information content (AvgIpc) is 3.95. The fourth-order valence-electron chi connectivity index (χ4n) is 8.70. The monoisotopic (exact) mass is 598 g/mol. The smallest absolute Gasteiger partial charge is 0.163 e. The number of anilines is 2. The Morgan fingerprint density at radius 1 is 1.02 bits per heavy atom. The Bertz CT molecular complexity index is 1490. The van der Waals surface area contributed by atoms with Gasteiger partial charge >= 0.3 is 0 Å². The SMILES string of the molecule is CSc1cccc(NCCCC2CN(c3nc(-n4ccc(CCCC5C6(CC6)C56CC6)n4)ccc3C(C)=O)C(C)(C)C2)n1. The molecule has 43 heavy (non-hydrogen) atoms. The zero-order chi connectivity index (χ0) is 29.8. The minimum atomic E-state index is -0.0852. The number of ketones is 1. The summed E-state index contributed by atoms with van der Waals surface area (Å²) in [5.41, 5.74) is 3.33. The van der Waals surface area contributed by atoms with Gasteiger partial charge in [-0.1, -0.05) is 6.07 Å². The molecule has 4 fully saturated rings. The van der Waals surface area contributed by atoms with Crippen molar-refractivity contribution in [2.45, 2.75) is 95.5 Å². The second-order valence-corrected chi connectivity index (χ2v) is 15.1. The van der Waals surface area contributed by atoms with E-state index >= 15 is 0 Å². The fourth-order valence-corrected chi connectivity index (χ4v) is 9.10. The molecule has 0 radical (unpaired) electrons. The molecule has 7 rings (SSSR count). The molecular weight excluding hydrogens is 552 g/mol. The van der Waals surface area contributed by atoms with Crippen molar-refractivity contribution in [1.29, 1.82) is 0 Å². The minimum Gasteiger partial charge on any atom is -0.370 e. The quantitative estimate of drug-likeness (QED) is 0.123. The first kappa shape index (κ1) is 28.9. The first-order valence-electron chi connectivity index (χ1n) is 16.3. The molecule has 8 heteroatoms. The summed E-state index contributed by atoms with van der Waals surface area (Å²) in [5, 5.41) is 9.44. The predicted molar refractivity (Wildman–Crippen MR) is 174 cm³/mol. The van der Waals surface area contributed by atoms with Crippen LogP contribution in [0.1, 0.15) is 94.6 Å². The fraction of sp³-hybridized carbons (Fsp3) is 0.600. The van der Waals surface area contributed by atoms with Gasteiger partial charge in [0, 0.05) is 24.8 Å². The molecule has 3 aromatic rings. The number of hydrogen-bond donors (Lipinski definition) is 1. The van der Waals surface area contributed by atoms with Crippen molar-refractivity contribution in [3.05, 3.63) is 53.9 Å². The highest BCUT2D eigenvalue weighted by atomic mass is 32.2. The van der Waals surface area contributed by atoms with Crippen LogP contribution in [0, 0.1) is 22.7 Å². The van der Waals surface area contributed by atoms with E-state index < -0.39 is 0 Å². The number of thioether (sulfide) groups is 1. The predicted octanol–water partition coefficient (Wildman–Crippen LogP) is 7.60. The minimum absolute atomic E-state index is 0.0561. The number of nitrogens with one attached hydrogen (secondary N) is 1. The van der Waals surface area contributed by atoms with Crippen molar-refractivity contribution < 1.29 is 4.79 Å². The van der Waals surface area contributed by atoms with E-state index in [0.29, 0.717) is 11.5 Å². The first-order chi connectivity index (χ1) is 20.7. The van der Waals surface area contributed by atoms with Gasteiger partial charge in [0.25, 0.3) is 0 Å². The second-order valence-electron chi connectivity index (χ2n) is 14.2. The van der Waals surface area contributed by atoms with Crippen LogP contribution in [0.15, 0.2) is 47.6 Å². The Morgan fingerprint density at radius 2 is 1.81 bits per heavy atom. The van der Waals surface area contributed by atoms with Crippen LogP contribution in [-0.4, -0.2) is 50.4 Å². The van der Waals surface area contributed by atoms with Crippen molar-refractivity contribution >= 4 is 29.2 Å². The Labute approximate surface area is 260 Å². The summed E-state index contributed by atoms with van der Waals surface area (Å²) in [5.74, 6) is 4.12. The molecule has 0 bridgehead atoms. The molecule has 4 aliphatic rings. The van der Waals surface area contributed by atoms with E-state index in [1.165, 1.54) is 38.5 Å². The lowest BCUT2D eigenvalue weighted by molar-refractivity contribution is 0.101. The van der Waals surface area contributed by atoms with Crippen LogP contribution in [0.3, 0.4) is 0 Å². The molecule has 3 aromatic heterocycles. The van der Waals surface area contributed by atoms with Crippen LogP contribution in [-0.2, 0) is 6.42 Å². The topological polar surface area (TPSA) is 75.9 Å². The zero-order valence-corrected chi connectivity index (χ0v) is 27.1. The lowest BCUT2D eigenvalue weighted by atomic mass is 9.93. The third kappa shape index (κ3) is 5.38. The van der Waals surface area contributed by atoms with Crippen LogP contribution in [0.4, 0.5) is 11.6 Å². The summed E-state index contributed by atoms with van der Waals surface area (Å²) in [6.07, 6.45) is 17.0. The number of pyridine rings is 2. The number of aromatic nitrogens is 4. The zero-order valence-electron chi connectivity index (χ0n) is 26.2. The van der Waals surface area contributed by atoms with Crippen LogP contribution in [0.25, 0.3) is 5.82 Å². The van der Waals surface area contributed by atoms with E-state index in [-0.39, 0.29) is 11.3 Å². The molecule has 0 amide bonds. The molecule has 3 aliphatic carbocycles. The number of hydrogen-bond acceptors (Lipinski definition) is 7. The van der Waals surface area contributed by atoms with Crippen LogP contribution < -0.4 is 10.2 Å².